The van der Waals surface area contributed by atoms with Crippen molar-refractivity contribution in [2.45, 2.75) is 46.3 Å². The van der Waals surface area contributed by atoms with Gasteiger partial charge in [-0.1, -0.05) is 19.9 Å². The van der Waals surface area contributed by atoms with Gasteiger partial charge >= 0.3 is 0 Å². The Hall–Kier alpha value is -2.31. The fourth-order valence-corrected chi connectivity index (χ4v) is 5.01. The first-order chi connectivity index (χ1) is 14.9. The normalized spacial score (nSPS) is 22.2. The summed E-state index contributed by atoms with van der Waals surface area (Å²) in [6.07, 6.45) is 2.05. The first-order valence-electron chi connectivity index (χ1n) is 11.4. The lowest BCUT2D eigenvalue weighted by molar-refractivity contribution is -0.102. The van der Waals surface area contributed by atoms with Crippen molar-refractivity contribution in [3.05, 3.63) is 45.6 Å². The van der Waals surface area contributed by atoms with Crippen LogP contribution in [-0.4, -0.2) is 50.2 Å². The van der Waals surface area contributed by atoms with Gasteiger partial charge in [0.25, 0.3) is 0 Å². The lowest BCUT2D eigenvalue weighted by Crippen LogP contribution is -2.34. The predicted octanol–water partition coefficient (Wildman–Crippen LogP) is 3.41. The largest absolute Gasteiger partial charge is 0.476 e. The fourth-order valence-electron chi connectivity index (χ4n) is 5.01. The standard InChI is InChI=1S/C25H32N2O4/c1-17-22(28)13-23(31-15-20-14-29-10-11-30-20)27-8-6-18-12-19(4-5-21(18)24(17)27)26-9-7-25(2,3)16-26/h4-5,12-13,20H,6-11,14-16H2,1-3H3. The fraction of sp³-hybridized carbons (Fsp3) is 0.560. The molecular weight excluding hydrogens is 392 g/mol. The lowest BCUT2D eigenvalue weighted by Gasteiger charge is -2.29. The average Bonchev–Trinajstić information content (AvgIpc) is 3.14. The van der Waals surface area contributed by atoms with Crippen LogP contribution in [0.25, 0.3) is 11.3 Å². The zero-order chi connectivity index (χ0) is 21.6. The molecule has 0 amide bonds. The molecule has 1 aromatic heterocycles. The second kappa shape index (κ2) is 7.99. The van der Waals surface area contributed by atoms with Crippen LogP contribution in [0.15, 0.2) is 29.1 Å². The number of fused-ring (bicyclic) bond motifs is 3. The number of anilines is 1. The van der Waals surface area contributed by atoms with Crippen LogP contribution in [0.2, 0.25) is 0 Å². The van der Waals surface area contributed by atoms with Crippen LogP contribution in [0.4, 0.5) is 5.69 Å². The van der Waals surface area contributed by atoms with E-state index in [9.17, 15) is 4.79 Å². The van der Waals surface area contributed by atoms with Crippen molar-refractivity contribution >= 4 is 5.69 Å². The Balaban J connectivity index is 1.45. The Bertz CT molecular complexity index is 1040. The summed E-state index contributed by atoms with van der Waals surface area (Å²) in [7, 11) is 0. The number of hydrogen-bond donors (Lipinski definition) is 0. The Kier molecular flexibility index (Phi) is 5.30. The van der Waals surface area contributed by atoms with Crippen LogP contribution in [0, 0.1) is 12.3 Å². The quantitative estimate of drug-likeness (QED) is 0.753. The number of hydrogen-bond acceptors (Lipinski definition) is 5. The van der Waals surface area contributed by atoms with Crippen molar-refractivity contribution in [1.82, 2.24) is 4.57 Å². The molecule has 5 rings (SSSR count). The number of rotatable bonds is 4. The molecule has 0 aliphatic carbocycles. The van der Waals surface area contributed by atoms with Gasteiger partial charge in [0.15, 0.2) is 11.3 Å². The van der Waals surface area contributed by atoms with Crippen molar-refractivity contribution in [2.75, 3.05) is 44.4 Å². The number of pyridine rings is 1. The maximum absolute atomic E-state index is 12.8. The van der Waals surface area contributed by atoms with Crippen molar-refractivity contribution in [3.8, 4) is 17.1 Å². The number of aromatic nitrogens is 1. The van der Waals surface area contributed by atoms with Gasteiger partial charge in [0, 0.05) is 42.5 Å². The molecule has 2 saturated heterocycles. The highest BCUT2D eigenvalue weighted by Gasteiger charge is 2.30. The maximum atomic E-state index is 12.8. The van der Waals surface area contributed by atoms with Crippen LogP contribution < -0.4 is 15.1 Å². The molecular formula is C25H32N2O4. The number of ether oxygens (including phenoxy) is 3. The summed E-state index contributed by atoms with van der Waals surface area (Å²) in [5.41, 5.74) is 5.89. The molecule has 1 aromatic carbocycles. The van der Waals surface area contributed by atoms with E-state index in [-0.39, 0.29) is 11.5 Å². The molecule has 1 unspecified atom stereocenters. The van der Waals surface area contributed by atoms with Crippen molar-refractivity contribution in [3.63, 3.8) is 0 Å². The minimum absolute atomic E-state index is 0.0141. The first-order valence-corrected chi connectivity index (χ1v) is 11.4. The van der Waals surface area contributed by atoms with E-state index in [1.807, 2.05) is 6.92 Å². The summed E-state index contributed by atoms with van der Waals surface area (Å²) in [5, 5.41) is 0. The summed E-state index contributed by atoms with van der Waals surface area (Å²) in [4.78, 5) is 15.2. The van der Waals surface area contributed by atoms with Crippen LogP contribution in [0.1, 0.15) is 31.4 Å². The molecule has 6 heteroatoms. The van der Waals surface area contributed by atoms with Crippen molar-refractivity contribution in [1.29, 1.82) is 0 Å². The van der Waals surface area contributed by atoms with Gasteiger partial charge in [0.2, 0.25) is 0 Å². The summed E-state index contributed by atoms with van der Waals surface area (Å²) in [6, 6.07) is 8.34. The third kappa shape index (κ3) is 3.99. The monoisotopic (exact) mass is 424 g/mol. The van der Waals surface area contributed by atoms with Crippen molar-refractivity contribution in [2.24, 2.45) is 5.41 Å². The Morgan fingerprint density at radius 1 is 1.19 bits per heavy atom. The second-order valence-electron chi connectivity index (χ2n) is 9.78. The van der Waals surface area contributed by atoms with E-state index in [0.717, 1.165) is 42.9 Å². The topological polar surface area (TPSA) is 52.9 Å². The molecule has 4 heterocycles. The van der Waals surface area contributed by atoms with E-state index < -0.39 is 0 Å². The molecule has 31 heavy (non-hydrogen) atoms. The predicted molar refractivity (Wildman–Crippen MR) is 121 cm³/mol. The summed E-state index contributed by atoms with van der Waals surface area (Å²) >= 11 is 0. The van der Waals surface area contributed by atoms with Gasteiger partial charge < -0.3 is 23.7 Å². The molecule has 6 nitrogen and oxygen atoms in total. The molecule has 2 aromatic rings. The third-order valence-corrected chi connectivity index (χ3v) is 6.81. The Morgan fingerprint density at radius 2 is 2.06 bits per heavy atom. The van der Waals surface area contributed by atoms with Gasteiger partial charge in [-0.05, 0) is 42.9 Å². The lowest BCUT2D eigenvalue weighted by atomic mass is 9.93. The molecule has 0 spiro atoms. The first kappa shape index (κ1) is 20.6. The van der Waals surface area contributed by atoms with Gasteiger partial charge in [-0.2, -0.15) is 0 Å². The smallest absolute Gasteiger partial charge is 0.197 e. The molecule has 166 valence electrons. The Morgan fingerprint density at radius 3 is 2.81 bits per heavy atom. The molecule has 3 aliphatic heterocycles. The maximum Gasteiger partial charge on any atom is 0.197 e. The number of nitrogens with zero attached hydrogens (tertiary/aromatic N) is 2. The minimum atomic E-state index is -0.0930. The van der Waals surface area contributed by atoms with Gasteiger partial charge in [-0.15, -0.1) is 0 Å². The highest BCUT2D eigenvalue weighted by Crippen LogP contribution is 2.38. The van der Waals surface area contributed by atoms with Gasteiger partial charge in [-0.25, -0.2) is 0 Å². The Labute approximate surface area is 183 Å². The summed E-state index contributed by atoms with van der Waals surface area (Å²) in [6.45, 7) is 11.7. The molecule has 3 aliphatic rings. The second-order valence-corrected chi connectivity index (χ2v) is 9.78. The van der Waals surface area contributed by atoms with E-state index >= 15 is 0 Å². The summed E-state index contributed by atoms with van der Waals surface area (Å²) < 4.78 is 19.4. The highest BCUT2D eigenvalue weighted by molar-refractivity contribution is 5.72. The zero-order valence-corrected chi connectivity index (χ0v) is 18.8. The van der Waals surface area contributed by atoms with E-state index in [1.165, 1.54) is 17.7 Å². The van der Waals surface area contributed by atoms with Gasteiger partial charge in [-0.3, -0.25) is 4.79 Å². The van der Waals surface area contributed by atoms with Crippen LogP contribution >= 0.6 is 0 Å². The van der Waals surface area contributed by atoms with Gasteiger partial charge in [0.1, 0.15) is 12.7 Å². The van der Waals surface area contributed by atoms with E-state index in [2.05, 4.69) is 41.5 Å². The molecule has 0 N–H and O–H groups in total. The minimum Gasteiger partial charge on any atom is -0.476 e. The molecule has 0 bridgehead atoms. The number of aryl methyl sites for hydroxylation is 1. The molecule has 0 saturated carbocycles. The van der Waals surface area contributed by atoms with E-state index in [1.54, 1.807) is 6.07 Å². The number of benzene rings is 1. The molecule has 1 atom stereocenters. The highest BCUT2D eigenvalue weighted by atomic mass is 16.6. The van der Waals surface area contributed by atoms with Crippen LogP contribution in [0.5, 0.6) is 5.88 Å². The molecule has 0 radical (unpaired) electrons. The van der Waals surface area contributed by atoms with Gasteiger partial charge in [0.05, 0.1) is 25.5 Å². The summed E-state index contributed by atoms with van der Waals surface area (Å²) in [5.74, 6) is 0.621. The van der Waals surface area contributed by atoms with Crippen LogP contribution in [-0.2, 0) is 22.4 Å². The SMILES string of the molecule is Cc1c2n(c(OCC3COCCO3)cc1=O)CCc1cc(N3CCC(C)(C)C3)ccc1-2. The van der Waals surface area contributed by atoms with Crippen molar-refractivity contribution < 1.29 is 14.2 Å². The van der Waals surface area contributed by atoms with Crippen LogP contribution in [0.3, 0.4) is 0 Å². The van der Waals surface area contributed by atoms with E-state index in [4.69, 9.17) is 14.2 Å². The third-order valence-electron chi connectivity index (χ3n) is 6.81. The van der Waals surface area contributed by atoms with E-state index in [0.29, 0.717) is 37.7 Å². The average molecular weight is 425 g/mol. The molecule has 2 fully saturated rings. The zero-order valence-electron chi connectivity index (χ0n) is 18.8.